The van der Waals surface area contributed by atoms with Crippen molar-refractivity contribution in [1.82, 2.24) is 9.97 Å². The Hall–Kier alpha value is -3.05. The Morgan fingerprint density at radius 2 is 1.87 bits per heavy atom. The van der Waals surface area contributed by atoms with Crippen molar-refractivity contribution in [3.8, 4) is 11.3 Å². The molecular weight excluding hydrogens is 388 g/mol. The number of hydrogen-bond acceptors (Lipinski definition) is 4. The Bertz CT molecular complexity index is 1040. The number of hydrogen-bond donors (Lipinski definition) is 1. The zero-order chi connectivity index (χ0) is 21.6. The van der Waals surface area contributed by atoms with Gasteiger partial charge in [-0.3, -0.25) is 14.6 Å². The first-order valence-electron chi connectivity index (χ1n) is 10.9. The molecule has 0 aliphatic heterocycles. The monoisotopic (exact) mass is 416 g/mol. The molecule has 1 unspecified atom stereocenters. The zero-order valence-corrected chi connectivity index (χ0v) is 17.9. The van der Waals surface area contributed by atoms with Gasteiger partial charge in [0.1, 0.15) is 5.78 Å². The second-order valence-corrected chi connectivity index (χ2v) is 8.25. The van der Waals surface area contributed by atoms with E-state index in [0.717, 1.165) is 40.9 Å². The molecule has 4 rings (SSSR count). The lowest BCUT2D eigenvalue weighted by atomic mass is 9.81. The van der Waals surface area contributed by atoms with Crippen molar-refractivity contribution in [2.24, 2.45) is 5.92 Å². The minimum atomic E-state index is 0.179. The molecule has 0 amide bonds. The van der Waals surface area contributed by atoms with Crippen molar-refractivity contribution >= 4 is 11.6 Å². The highest BCUT2D eigenvalue weighted by atomic mass is 16.5. The molecule has 1 atom stereocenters. The van der Waals surface area contributed by atoms with Crippen LogP contribution in [0.2, 0.25) is 0 Å². The molecule has 1 aliphatic rings. The van der Waals surface area contributed by atoms with Crippen LogP contribution in [0, 0.1) is 5.92 Å². The molecule has 160 valence electrons. The average molecular weight is 417 g/mol. The Morgan fingerprint density at radius 3 is 2.61 bits per heavy atom. The summed E-state index contributed by atoms with van der Waals surface area (Å²) in [7, 11) is 1.60. The van der Waals surface area contributed by atoms with Crippen molar-refractivity contribution in [3.05, 3.63) is 77.2 Å². The summed E-state index contributed by atoms with van der Waals surface area (Å²) in [5, 5.41) is 0. The van der Waals surface area contributed by atoms with Crippen LogP contribution in [0.15, 0.2) is 54.9 Å². The third kappa shape index (κ3) is 5.00. The number of rotatable bonds is 9. The number of fused-ring (bicyclic) bond motifs is 1. The van der Waals surface area contributed by atoms with E-state index in [-0.39, 0.29) is 17.5 Å². The van der Waals surface area contributed by atoms with Gasteiger partial charge in [0.15, 0.2) is 5.78 Å². The number of carbonyl (C=O) groups excluding carboxylic acids is 2. The van der Waals surface area contributed by atoms with E-state index in [1.807, 2.05) is 30.3 Å². The maximum Gasteiger partial charge on any atom is 0.165 e. The number of ether oxygens (including phenoxy) is 1. The van der Waals surface area contributed by atoms with Crippen LogP contribution in [0.4, 0.5) is 0 Å². The minimum absolute atomic E-state index is 0.179. The van der Waals surface area contributed by atoms with Crippen molar-refractivity contribution in [3.63, 3.8) is 0 Å². The molecule has 0 saturated carbocycles. The van der Waals surface area contributed by atoms with Gasteiger partial charge in [0.2, 0.25) is 0 Å². The molecule has 5 heteroatoms. The highest BCUT2D eigenvalue weighted by molar-refractivity contribution is 6.02. The maximum atomic E-state index is 13.2. The normalized spacial score (nSPS) is 15.6. The minimum Gasteiger partial charge on any atom is -0.384 e. The molecule has 0 saturated heterocycles. The Kier molecular flexibility index (Phi) is 6.73. The fraction of sp³-hybridized carbons (Fsp3) is 0.346. The first kappa shape index (κ1) is 21.2. The van der Waals surface area contributed by atoms with Crippen molar-refractivity contribution < 1.29 is 14.3 Å². The van der Waals surface area contributed by atoms with Gasteiger partial charge in [0.05, 0.1) is 12.3 Å². The zero-order valence-electron chi connectivity index (χ0n) is 17.9. The Morgan fingerprint density at radius 1 is 1.10 bits per heavy atom. The standard InChI is InChI=1S/C26H28N2O3/c1-31-14-11-21(29)8-7-19-16-23-25(24(30)17-19)22(15-18-5-3-2-4-6-18)26(28-23)20-9-12-27-13-10-20/h2-6,9-10,12-13,19,28H,7-8,11,14-17H2,1H3. The van der Waals surface area contributed by atoms with Crippen LogP contribution in [-0.4, -0.2) is 35.3 Å². The number of H-pyrrole nitrogens is 1. The second kappa shape index (κ2) is 9.84. The fourth-order valence-electron chi connectivity index (χ4n) is 4.46. The number of nitrogens with one attached hydrogen (secondary N) is 1. The lowest BCUT2D eigenvalue weighted by Crippen LogP contribution is -2.21. The van der Waals surface area contributed by atoms with Gasteiger partial charge < -0.3 is 9.72 Å². The largest absolute Gasteiger partial charge is 0.384 e. The van der Waals surface area contributed by atoms with Gasteiger partial charge in [-0.25, -0.2) is 0 Å². The van der Waals surface area contributed by atoms with E-state index in [1.165, 1.54) is 5.56 Å². The summed E-state index contributed by atoms with van der Waals surface area (Å²) in [6.07, 6.45) is 7.24. The summed E-state index contributed by atoms with van der Waals surface area (Å²) < 4.78 is 4.99. The number of Topliss-reactive ketones (excluding diaryl/α,β-unsaturated/α-hetero) is 2. The molecule has 5 nitrogen and oxygen atoms in total. The molecule has 2 heterocycles. The van der Waals surface area contributed by atoms with Crippen LogP contribution in [0.1, 0.15) is 52.9 Å². The van der Waals surface area contributed by atoms with E-state index < -0.39 is 0 Å². The smallest absolute Gasteiger partial charge is 0.165 e. The number of nitrogens with zero attached hydrogens (tertiary/aromatic N) is 1. The summed E-state index contributed by atoms with van der Waals surface area (Å²) in [4.78, 5) is 33.0. The summed E-state index contributed by atoms with van der Waals surface area (Å²) in [6, 6.07) is 14.2. The van der Waals surface area contributed by atoms with E-state index >= 15 is 0 Å². The van der Waals surface area contributed by atoms with E-state index in [9.17, 15) is 9.59 Å². The SMILES string of the molecule is COCCC(=O)CCC1CC(=O)c2c([nH]c(-c3ccncc3)c2Cc2ccccc2)C1. The van der Waals surface area contributed by atoms with E-state index in [4.69, 9.17) is 4.74 Å². The molecule has 0 spiro atoms. The fourth-order valence-corrected chi connectivity index (χ4v) is 4.46. The quantitative estimate of drug-likeness (QED) is 0.544. The van der Waals surface area contributed by atoms with E-state index in [1.54, 1.807) is 19.5 Å². The van der Waals surface area contributed by atoms with Crippen LogP contribution in [0.5, 0.6) is 0 Å². The van der Waals surface area contributed by atoms with Crippen LogP contribution < -0.4 is 0 Å². The third-order valence-corrected chi connectivity index (χ3v) is 6.04. The number of pyridine rings is 1. The van der Waals surface area contributed by atoms with Crippen molar-refractivity contribution in [2.75, 3.05) is 13.7 Å². The number of methoxy groups -OCH3 is 1. The van der Waals surface area contributed by atoms with E-state index in [2.05, 4.69) is 22.1 Å². The first-order valence-corrected chi connectivity index (χ1v) is 10.9. The molecule has 1 N–H and O–H groups in total. The van der Waals surface area contributed by atoms with Crippen molar-refractivity contribution in [2.45, 2.75) is 38.5 Å². The van der Waals surface area contributed by atoms with Crippen LogP contribution in [0.25, 0.3) is 11.3 Å². The van der Waals surface area contributed by atoms with E-state index in [0.29, 0.717) is 32.3 Å². The molecule has 2 aromatic heterocycles. The molecule has 0 bridgehead atoms. The van der Waals surface area contributed by atoms with Gasteiger partial charge >= 0.3 is 0 Å². The molecule has 1 aliphatic carbocycles. The van der Waals surface area contributed by atoms with Gasteiger partial charge in [-0.15, -0.1) is 0 Å². The lowest BCUT2D eigenvalue weighted by Gasteiger charge is -2.21. The Balaban J connectivity index is 1.61. The summed E-state index contributed by atoms with van der Waals surface area (Å²) in [5.74, 6) is 0.576. The van der Waals surface area contributed by atoms with Gasteiger partial charge in [-0.05, 0) is 42.0 Å². The predicted molar refractivity (Wildman–Crippen MR) is 120 cm³/mol. The van der Waals surface area contributed by atoms with Gasteiger partial charge in [-0.2, -0.15) is 0 Å². The number of benzene rings is 1. The molecular formula is C26H28N2O3. The molecule has 0 fully saturated rings. The average Bonchev–Trinajstić information content (AvgIpc) is 3.16. The van der Waals surface area contributed by atoms with Gasteiger partial charge in [0.25, 0.3) is 0 Å². The van der Waals surface area contributed by atoms with Crippen LogP contribution >= 0.6 is 0 Å². The summed E-state index contributed by atoms with van der Waals surface area (Å²) in [5.41, 5.74) is 6.13. The number of carbonyl (C=O) groups is 2. The van der Waals surface area contributed by atoms with Gasteiger partial charge in [-0.1, -0.05) is 30.3 Å². The topological polar surface area (TPSA) is 72.1 Å². The molecule has 0 radical (unpaired) electrons. The van der Waals surface area contributed by atoms with Gasteiger partial charge in [0, 0.05) is 62.0 Å². The third-order valence-electron chi connectivity index (χ3n) is 6.04. The molecule has 1 aromatic carbocycles. The van der Waals surface area contributed by atoms with Crippen LogP contribution in [0.3, 0.4) is 0 Å². The lowest BCUT2D eigenvalue weighted by molar-refractivity contribution is -0.120. The summed E-state index contributed by atoms with van der Waals surface area (Å²) >= 11 is 0. The molecule has 31 heavy (non-hydrogen) atoms. The highest BCUT2D eigenvalue weighted by Crippen LogP contribution is 2.37. The number of aromatic amines is 1. The summed E-state index contributed by atoms with van der Waals surface area (Å²) in [6.45, 7) is 0.460. The predicted octanol–water partition coefficient (Wildman–Crippen LogP) is 4.80. The number of ketones is 2. The number of aromatic nitrogens is 2. The first-order chi connectivity index (χ1) is 15.2. The van der Waals surface area contributed by atoms with Crippen molar-refractivity contribution in [1.29, 1.82) is 0 Å². The van der Waals surface area contributed by atoms with Crippen LogP contribution in [-0.2, 0) is 22.4 Å². The maximum absolute atomic E-state index is 13.2. The Labute approximate surface area is 182 Å². The second-order valence-electron chi connectivity index (χ2n) is 8.25. The highest BCUT2D eigenvalue weighted by Gasteiger charge is 2.31. The molecule has 3 aromatic rings.